The molecule has 0 saturated heterocycles. The third-order valence-corrected chi connectivity index (χ3v) is 3.77. The number of ether oxygens (including phenoxy) is 2. The minimum absolute atomic E-state index is 0.0657. The maximum atomic E-state index is 12.0. The van der Waals surface area contributed by atoms with Crippen LogP contribution in [0, 0.1) is 5.92 Å². The number of amides is 1. The van der Waals surface area contributed by atoms with Crippen LogP contribution in [0.15, 0.2) is 54.6 Å². The smallest absolute Gasteiger partial charge is 0.306 e. The fourth-order valence-electron chi connectivity index (χ4n) is 2.34. The maximum absolute atomic E-state index is 12.0. The monoisotopic (exact) mass is 369 g/mol. The van der Waals surface area contributed by atoms with Gasteiger partial charge < -0.3 is 14.8 Å². The number of rotatable bonds is 10. The van der Waals surface area contributed by atoms with E-state index in [4.69, 9.17) is 9.47 Å². The van der Waals surface area contributed by atoms with Crippen molar-refractivity contribution in [2.75, 3.05) is 18.5 Å². The molecule has 0 radical (unpaired) electrons. The molecule has 0 heterocycles. The number of esters is 1. The van der Waals surface area contributed by atoms with Crippen LogP contribution in [0.5, 0.6) is 5.75 Å². The highest BCUT2D eigenvalue weighted by atomic mass is 16.5. The first-order chi connectivity index (χ1) is 13.0. The summed E-state index contributed by atoms with van der Waals surface area (Å²) in [6.07, 6.45) is 0.829. The summed E-state index contributed by atoms with van der Waals surface area (Å²) in [5, 5.41) is 2.77. The number of benzene rings is 2. The average Bonchev–Trinajstić information content (AvgIpc) is 2.66. The van der Waals surface area contributed by atoms with Gasteiger partial charge in [0, 0.05) is 18.5 Å². The summed E-state index contributed by atoms with van der Waals surface area (Å²) in [4.78, 5) is 23.7. The molecule has 0 aliphatic heterocycles. The molecule has 0 unspecified atom stereocenters. The molecule has 1 amide bonds. The lowest BCUT2D eigenvalue weighted by molar-refractivity contribution is -0.144. The van der Waals surface area contributed by atoms with Gasteiger partial charge in [0.2, 0.25) is 5.91 Å². The van der Waals surface area contributed by atoms with E-state index in [1.165, 1.54) is 0 Å². The quantitative estimate of drug-likeness (QED) is 0.637. The molecule has 27 heavy (non-hydrogen) atoms. The lowest BCUT2D eigenvalue weighted by atomic mass is 10.2. The van der Waals surface area contributed by atoms with Gasteiger partial charge in [-0.3, -0.25) is 9.59 Å². The molecule has 2 aromatic rings. The predicted molar refractivity (Wildman–Crippen MR) is 106 cm³/mol. The van der Waals surface area contributed by atoms with Gasteiger partial charge >= 0.3 is 5.97 Å². The SMILES string of the molecule is CC(C)COc1ccc(NC(=O)CCC(=O)OCCc2ccccc2)cc1. The highest BCUT2D eigenvalue weighted by Crippen LogP contribution is 2.16. The van der Waals surface area contributed by atoms with Crippen LogP contribution in [0.3, 0.4) is 0 Å². The molecule has 0 aliphatic carbocycles. The Hall–Kier alpha value is -2.82. The fourth-order valence-corrected chi connectivity index (χ4v) is 2.34. The van der Waals surface area contributed by atoms with Crippen molar-refractivity contribution in [3.05, 3.63) is 60.2 Å². The van der Waals surface area contributed by atoms with Gasteiger partial charge in [-0.1, -0.05) is 44.2 Å². The zero-order valence-electron chi connectivity index (χ0n) is 15.9. The molecular weight excluding hydrogens is 342 g/mol. The molecule has 5 nitrogen and oxygen atoms in total. The number of hydrogen-bond donors (Lipinski definition) is 1. The second-order valence-electron chi connectivity index (χ2n) is 6.73. The number of anilines is 1. The van der Waals surface area contributed by atoms with Gasteiger partial charge in [0.15, 0.2) is 0 Å². The largest absolute Gasteiger partial charge is 0.493 e. The van der Waals surface area contributed by atoms with Gasteiger partial charge in [0.05, 0.1) is 19.6 Å². The highest BCUT2D eigenvalue weighted by molar-refractivity contribution is 5.92. The first-order valence-corrected chi connectivity index (χ1v) is 9.25. The van der Waals surface area contributed by atoms with Crippen molar-refractivity contribution in [2.45, 2.75) is 33.1 Å². The number of carbonyl (C=O) groups is 2. The van der Waals surface area contributed by atoms with Crippen LogP contribution in [0.1, 0.15) is 32.3 Å². The van der Waals surface area contributed by atoms with Crippen molar-refractivity contribution in [1.29, 1.82) is 0 Å². The molecule has 0 spiro atoms. The lowest BCUT2D eigenvalue weighted by Crippen LogP contribution is -2.15. The van der Waals surface area contributed by atoms with Crippen LogP contribution < -0.4 is 10.1 Å². The topological polar surface area (TPSA) is 64.6 Å². The van der Waals surface area contributed by atoms with E-state index in [9.17, 15) is 9.59 Å². The zero-order chi connectivity index (χ0) is 19.5. The van der Waals surface area contributed by atoms with Gasteiger partial charge in [-0.2, -0.15) is 0 Å². The predicted octanol–water partition coefficient (Wildman–Crippen LogP) is 4.23. The van der Waals surface area contributed by atoms with E-state index in [1.807, 2.05) is 42.5 Å². The Bertz CT molecular complexity index is 711. The minimum Gasteiger partial charge on any atom is -0.493 e. The molecule has 1 N–H and O–H groups in total. The summed E-state index contributed by atoms with van der Waals surface area (Å²) in [5.41, 5.74) is 1.79. The van der Waals surface area contributed by atoms with Crippen LogP contribution in [0.2, 0.25) is 0 Å². The van der Waals surface area contributed by atoms with Crippen molar-refractivity contribution < 1.29 is 19.1 Å². The van der Waals surface area contributed by atoms with E-state index >= 15 is 0 Å². The van der Waals surface area contributed by atoms with E-state index in [-0.39, 0.29) is 24.7 Å². The Balaban J connectivity index is 1.64. The summed E-state index contributed by atoms with van der Waals surface area (Å²) in [5.74, 6) is 0.643. The summed E-state index contributed by atoms with van der Waals surface area (Å²) >= 11 is 0. The molecular formula is C22H27NO4. The third kappa shape index (κ3) is 8.40. The average molecular weight is 369 g/mol. The third-order valence-electron chi connectivity index (χ3n) is 3.77. The minimum atomic E-state index is -0.362. The van der Waals surface area contributed by atoms with Crippen molar-refractivity contribution >= 4 is 17.6 Å². The molecule has 0 aliphatic rings. The highest BCUT2D eigenvalue weighted by Gasteiger charge is 2.09. The molecule has 0 bridgehead atoms. The van der Waals surface area contributed by atoms with E-state index in [2.05, 4.69) is 19.2 Å². The van der Waals surface area contributed by atoms with Gasteiger partial charge in [-0.25, -0.2) is 0 Å². The maximum Gasteiger partial charge on any atom is 0.306 e. The second-order valence-corrected chi connectivity index (χ2v) is 6.73. The Morgan fingerprint density at radius 1 is 0.963 bits per heavy atom. The zero-order valence-corrected chi connectivity index (χ0v) is 15.9. The molecule has 2 rings (SSSR count). The van der Waals surface area contributed by atoms with Crippen molar-refractivity contribution in [1.82, 2.24) is 0 Å². The van der Waals surface area contributed by atoms with Crippen LogP contribution in [-0.2, 0) is 20.7 Å². The number of carbonyl (C=O) groups excluding carboxylic acids is 2. The van der Waals surface area contributed by atoms with Crippen molar-refractivity contribution in [3.8, 4) is 5.75 Å². The van der Waals surface area contributed by atoms with E-state index in [0.717, 1.165) is 11.3 Å². The van der Waals surface area contributed by atoms with Gasteiger partial charge in [-0.15, -0.1) is 0 Å². The molecule has 5 heteroatoms. The van der Waals surface area contributed by atoms with E-state index in [1.54, 1.807) is 12.1 Å². The first-order valence-electron chi connectivity index (χ1n) is 9.25. The Labute approximate surface area is 160 Å². The van der Waals surface area contributed by atoms with Crippen LogP contribution in [0.25, 0.3) is 0 Å². The number of hydrogen-bond acceptors (Lipinski definition) is 4. The fraction of sp³-hybridized carbons (Fsp3) is 0.364. The molecule has 0 fully saturated rings. The van der Waals surface area contributed by atoms with Gasteiger partial charge in [-0.05, 0) is 35.7 Å². The Morgan fingerprint density at radius 3 is 2.33 bits per heavy atom. The van der Waals surface area contributed by atoms with Crippen LogP contribution in [0.4, 0.5) is 5.69 Å². The summed E-state index contributed by atoms with van der Waals surface area (Å²) in [7, 11) is 0. The molecule has 0 saturated carbocycles. The summed E-state index contributed by atoms with van der Waals surface area (Å²) in [6.45, 7) is 5.14. The second kappa shape index (κ2) is 11.0. The van der Waals surface area contributed by atoms with Gasteiger partial charge in [0.1, 0.15) is 5.75 Å². The Morgan fingerprint density at radius 2 is 1.67 bits per heavy atom. The molecule has 144 valence electrons. The summed E-state index contributed by atoms with van der Waals surface area (Å²) < 4.78 is 10.8. The Kier molecular flexibility index (Phi) is 8.36. The van der Waals surface area contributed by atoms with Crippen LogP contribution >= 0.6 is 0 Å². The normalized spacial score (nSPS) is 10.5. The summed E-state index contributed by atoms with van der Waals surface area (Å²) in [6, 6.07) is 17.0. The van der Waals surface area contributed by atoms with Crippen LogP contribution in [-0.4, -0.2) is 25.1 Å². The van der Waals surface area contributed by atoms with Crippen molar-refractivity contribution in [2.24, 2.45) is 5.92 Å². The van der Waals surface area contributed by atoms with E-state index in [0.29, 0.717) is 31.2 Å². The molecule has 0 aromatic heterocycles. The van der Waals surface area contributed by atoms with Gasteiger partial charge in [0.25, 0.3) is 0 Å². The molecule has 2 aromatic carbocycles. The van der Waals surface area contributed by atoms with E-state index < -0.39 is 0 Å². The first kappa shape index (κ1) is 20.5. The van der Waals surface area contributed by atoms with Crippen molar-refractivity contribution in [3.63, 3.8) is 0 Å². The number of nitrogens with one attached hydrogen (secondary N) is 1. The molecule has 0 atom stereocenters. The lowest BCUT2D eigenvalue weighted by Gasteiger charge is -2.10. The standard InChI is InChI=1S/C22H27NO4/c1-17(2)16-27-20-10-8-19(9-11-20)23-21(24)12-13-22(25)26-15-14-18-6-4-3-5-7-18/h3-11,17H,12-16H2,1-2H3,(H,23,24).